The molecule has 10 heavy (non-hydrogen) atoms. The number of hydrogen-bond donors (Lipinski definition) is 1. The molecule has 0 aliphatic heterocycles. The molecule has 0 saturated heterocycles. The molecule has 1 radical (unpaired) electrons. The molecule has 0 saturated carbocycles. The van der Waals surface area contributed by atoms with Crippen molar-refractivity contribution in [3.8, 4) is 0 Å². The van der Waals surface area contributed by atoms with Crippen molar-refractivity contribution < 1.29 is 37.8 Å². The van der Waals surface area contributed by atoms with Crippen LogP contribution >= 0.6 is 0 Å². The molecule has 0 atom stereocenters. The first kappa shape index (κ1) is 10.3. The molecular weight excluding hydrogens is 205 g/mol. The van der Waals surface area contributed by atoms with Crippen molar-refractivity contribution in [2.75, 3.05) is 0 Å². The maximum Gasteiger partial charge on any atom is 0.0834 e. The molecule has 1 aromatic heterocycles. The maximum absolute atomic E-state index is 8.52. The molecule has 0 aromatic carbocycles. The number of hydrogen-bond acceptors (Lipinski definition) is 2. The fourth-order valence-electron chi connectivity index (χ4n) is 0.578. The Morgan fingerprint density at radius 2 is 2.40 bits per heavy atom. The molecule has 4 heteroatoms. The van der Waals surface area contributed by atoms with E-state index in [1.807, 2.05) is 0 Å². The molecule has 0 amide bonds. The van der Waals surface area contributed by atoms with Gasteiger partial charge < -0.3 is 22.2 Å². The zero-order valence-electron chi connectivity index (χ0n) is 5.62. The van der Waals surface area contributed by atoms with Crippen LogP contribution < -0.4 is 5.10 Å². The third-order valence-electron chi connectivity index (χ3n) is 1.06. The second-order valence-electron chi connectivity index (χ2n) is 1.74. The van der Waals surface area contributed by atoms with Crippen LogP contribution in [0.25, 0.3) is 0 Å². The summed E-state index contributed by atoms with van der Waals surface area (Å²) in [7, 11) is 0. The van der Waals surface area contributed by atoms with Crippen LogP contribution in [-0.4, -0.2) is 10.2 Å². The largest absolute Gasteiger partial charge is 0.581 e. The van der Waals surface area contributed by atoms with Gasteiger partial charge in [-0.3, -0.25) is 0 Å². The molecule has 1 rings (SSSR count). The fraction of sp³-hybridized carbons (Fsp3) is 0.333. The summed E-state index contributed by atoms with van der Waals surface area (Å²) in [5.74, 6) is 0. The van der Waals surface area contributed by atoms with Crippen molar-refractivity contribution in [3.05, 3.63) is 24.4 Å². The van der Waals surface area contributed by atoms with Crippen LogP contribution in [0.4, 0.5) is 0 Å². The van der Waals surface area contributed by atoms with Gasteiger partial charge in [0, 0.05) is 38.4 Å². The van der Waals surface area contributed by atoms with Gasteiger partial charge in [0.2, 0.25) is 0 Å². The molecule has 0 spiro atoms. The fourth-order valence-corrected chi connectivity index (χ4v) is 0.578. The third kappa shape index (κ3) is 2.48. The quantitative estimate of drug-likeness (QED) is 0.698. The molecule has 1 N–H and O–H groups in total. The van der Waals surface area contributed by atoms with E-state index in [1.54, 1.807) is 6.07 Å². The van der Waals surface area contributed by atoms with Crippen molar-refractivity contribution in [1.29, 1.82) is 0 Å². The smallest absolute Gasteiger partial charge is 0.0834 e. The molecule has 53 valence electrons. The summed E-state index contributed by atoms with van der Waals surface area (Å²) in [5.41, 5.74) is 1.45. The number of aromatic nitrogens is 2. The van der Waals surface area contributed by atoms with Crippen molar-refractivity contribution in [2.24, 2.45) is 0 Å². The standard InChI is InChI=1S/C6H8N2O.Y/c1-2-5-3-6(4-9)8-7-5;/h3,9H,1-2,4H2;/q-2;. The third-order valence-corrected chi connectivity index (χ3v) is 1.06. The summed E-state index contributed by atoms with van der Waals surface area (Å²) in [4.78, 5) is 0. The molecule has 3 nitrogen and oxygen atoms in total. The first-order chi connectivity index (χ1) is 4.36. The number of aliphatic hydroxyl groups excluding tert-OH is 1. The Hall–Kier alpha value is 0.274. The minimum Gasteiger partial charge on any atom is -0.581 e. The topological polar surface area (TPSA) is 47.2 Å². The van der Waals surface area contributed by atoms with E-state index >= 15 is 0 Å². The Morgan fingerprint density at radius 3 is 2.70 bits per heavy atom. The van der Waals surface area contributed by atoms with E-state index in [1.165, 1.54) is 0 Å². The van der Waals surface area contributed by atoms with Gasteiger partial charge in [-0.05, 0) is 0 Å². The van der Waals surface area contributed by atoms with E-state index in [4.69, 9.17) is 5.11 Å². The van der Waals surface area contributed by atoms with Gasteiger partial charge in [0.15, 0.2) is 0 Å². The first-order valence-corrected chi connectivity index (χ1v) is 2.75. The number of aliphatic hydroxyl groups is 1. The summed E-state index contributed by atoms with van der Waals surface area (Å²) in [6, 6.07) is 1.74. The predicted molar refractivity (Wildman–Crippen MR) is 32.5 cm³/mol. The maximum atomic E-state index is 8.52. The van der Waals surface area contributed by atoms with Gasteiger partial charge in [0.05, 0.1) is 6.61 Å². The van der Waals surface area contributed by atoms with E-state index in [9.17, 15) is 0 Å². The van der Waals surface area contributed by atoms with Crippen molar-refractivity contribution in [1.82, 2.24) is 10.2 Å². The molecule has 0 fully saturated rings. The van der Waals surface area contributed by atoms with Crippen LogP contribution in [-0.2, 0) is 45.7 Å². The van der Waals surface area contributed by atoms with Crippen LogP contribution in [0.5, 0.6) is 0 Å². The zero-order chi connectivity index (χ0) is 6.69. The van der Waals surface area contributed by atoms with Gasteiger partial charge in [-0.25, -0.2) is 0 Å². The molecular formula is C6H8N2OY-2. The Kier molecular flexibility index (Phi) is 5.13. The first-order valence-electron chi connectivity index (χ1n) is 2.75. The number of rotatable bonds is 2. The van der Waals surface area contributed by atoms with Crippen molar-refractivity contribution >= 4 is 0 Å². The van der Waals surface area contributed by atoms with E-state index in [0.29, 0.717) is 12.1 Å². The molecule has 0 unspecified atom stereocenters. The average Bonchev–Trinajstić information content (AvgIpc) is 2.34. The van der Waals surface area contributed by atoms with Crippen LogP contribution in [0.2, 0.25) is 0 Å². The van der Waals surface area contributed by atoms with E-state index in [0.717, 1.165) is 5.69 Å². The van der Waals surface area contributed by atoms with Crippen LogP contribution in [0, 0.1) is 6.92 Å². The molecule has 0 aliphatic rings. The molecule has 0 bridgehead atoms. The minimum absolute atomic E-state index is 0. The predicted octanol–water partition coefficient (Wildman–Crippen LogP) is -0.0948. The summed E-state index contributed by atoms with van der Waals surface area (Å²) >= 11 is 0. The average molecular weight is 213 g/mol. The Balaban J connectivity index is 0.000000810. The normalized spacial score (nSPS) is 9.00. The van der Waals surface area contributed by atoms with Gasteiger partial charge in [0.1, 0.15) is 0 Å². The second-order valence-corrected chi connectivity index (χ2v) is 1.74. The summed E-state index contributed by atoms with van der Waals surface area (Å²) in [6.07, 6.45) is 0.632. The van der Waals surface area contributed by atoms with Crippen LogP contribution in [0.15, 0.2) is 6.07 Å². The minimum atomic E-state index is -0.0347. The van der Waals surface area contributed by atoms with Gasteiger partial charge in [-0.2, -0.15) is 12.1 Å². The van der Waals surface area contributed by atoms with Crippen LogP contribution in [0.3, 0.4) is 0 Å². The monoisotopic (exact) mass is 213 g/mol. The summed E-state index contributed by atoms with van der Waals surface area (Å²) in [5, 5.41) is 15.9. The molecule has 1 aromatic rings. The SMILES string of the molecule is [CH2-]Cc1cc(CO)n[n-]1.[Y]. The van der Waals surface area contributed by atoms with Crippen molar-refractivity contribution in [3.63, 3.8) is 0 Å². The van der Waals surface area contributed by atoms with Crippen molar-refractivity contribution in [2.45, 2.75) is 13.0 Å². The zero-order valence-corrected chi connectivity index (χ0v) is 8.46. The van der Waals surface area contributed by atoms with Gasteiger partial charge in [-0.15, -0.1) is 0 Å². The van der Waals surface area contributed by atoms with Crippen LogP contribution in [0.1, 0.15) is 11.4 Å². The molecule has 0 aliphatic carbocycles. The van der Waals surface area contributed by atoms with E-state index in [-0.39, 0.29) is 39.3 Å². The van der Waals surface area contributed by atoms with E-state index in [2.05, 4.69) is 17.1 Å². The number of nitrogens with zero attached hydrogens (tertiary/aromatic N) is 2. The van der Waals surface area contributed by atoms with Gasteiger partial charge in [-0.1, -0.05) is 6.07 Å². The summed E-state index contributed by atoms with van der Waals surface area (Å²) in [6.45, 7) is 3.58. The second kappa shape index (κ2) is 4.99. The van der Waals surface area contributed by atoms with Gasteiger partial charge >= 0.3 is 0 Å². The van der Waals surface area contributed by atoms with E-state index < -0.39 is 0 Å². The Labute approximate surface area is 85.1 Å². The summed E-state index contributed by atoms with van der Waals surface area (Å²) < 4.78 is 0. The Morgan fingerprint density at radius 1 is 1.70 bits per heavy atom. The molecule has 1 heterocycles. The Bertz CT molecular complexity index is 169. The van der Waals surface area contributed by atoms with Gasteiger partial charge in [0.25, 0.3) is 0 Å².